The molecule has 2 unspecified atom stereocenters. The molecule has 1 aromatic heterocycles. The molecule has 6 nitrogen and oxygen atoms in total. The van der Waals surface area contributed by atoms with Gasteiger partial charge in [0.05, 0.1) is 18.8 Å². The first-order valence-electron chi connectivity index (χ1n) is 7.45. The van der Waals surface area contributed by atoms with Gasteiger partial charge in [0, 0.05) is 10.6 Å². The largest absolute Gasteiger partial charge is 0.469 e. The van der Waals surface area contributed by atoms with Crippen LogP contribution in [0, 0.1) is 0 Å². The highest BCUT2D eigenvalue weighted by molar-refractivity contribution is 6.40. The number of Topliss-reactive ketones (excluding diaryl/α,β-unsaturated/α-hetero) is 1. The summed E-state index contributed by atoms with van der Waals surface area (Å²) < 4.78 is 10.4. The van der Waals surface area contributed by atoms with E-state index in [1.807, 2.05) is 0 Å². The number of furan rings is 1. The number of nitrogens with zero attached hydrogens (tertiary/aromatic N) is 1. The monoisotopic (exact) mass is 346 g/mol. The van der Waals surface area contributed by atoms with Crippen molar-refractivity contribution in [2.24, 2.45) is 5.10 Å². The molecule has 3 rings (SSSR count). The Bertz CT molecular complexity index is 768. The molecule has 0 saturated carbocycles. The molecule has 0 spiro atoms. The SMILES string of the molecule is CCOC(=O)C1=NNC(C(=O)c2ccc(Cl)cc2)C1c1ccco1. The first kappa shape index (κ1) is 16.3. The van der Waals surface area contributed by atoms with E-state index in [9.17, 15) is 9.59 Å². The number of nitrogens with one attached hydrogen (secondary N) is 1. The first-order valence-corrected chi connectivity index (χ1v) is 7.83. The zero-order valence-corrected chi connectivity index (χ0v) is 13.6. The maximum absolute atomic E-state index is 12.8. The van der Waals surface area contributed by atoms with Crippen LogP contribution in [0.2, 0.25) is 5.02 Å². The Morgan fingerprint density at radius 1 is 1.29 bits per heavy atom. The molecule has 0 radical (unpaired) electrons. The molecule has 0 amide bonds. The highest BCUT2D eigenvalue weighted by atomic mass is 35.5. The van der Waals surface area contributed by atoms with Gasteiger partial charge in [-0.25, -0.2) is 4.79 Å². The van der Waals surface area contributed by atoms with Crippen molar-refractivity contribution in [2.45, 2.75) is 18.9 Å². The van der Waals surface area contributed by atoms with Gasteiger partial charge in [0.25, 0.3) is 0 Å². The fraction of sp³-hybridized carbons (Fsp3) is 0.235. The van der Waals surface area contributed by atoms with Crippen LogP contribution in [-0.4, -0.2) is 30.1 Å². The van der Waals surface area contributed by atoms with E-state index in [1.165, 1.54) is 6.26 Å². The summed E-state index contributed by atoms with van der Waals surface area (Å²) in [4.78, 5) is 25.0. The topological polar surface area (TPSA) is 80.9 Å². The van der Waals surface area contributed by atoms with E-state index in [-0.39, 0.29) is 18.1 Å². The number of ether oxygens (including phenoxy) is 1. The number of halogens is 1. The van der Waals surface area contributed by atoms with Gasteiger partial charge in [-0.1, -0.05) is 11.6 Å². The van der Waals surface area contributed by atoms with E-state index in [2.05, 4.69) is 10.5 Å². The van der Waals surface area contributed by atoms with E-state index in [0.29, 0.717) is 16.3 Å². The fourth-order valence-corrected chi connectivity index (χ4v) is 2.72. The summed E-state index contributed by atoms with van der Waals surface area (Å²) >= 11 is 5.86. The second-order valence-electron chi connectivity index (χ2n) is 5.19. The Morgan fingerprint density at radius 2 is 2.04 bits per heavy atom. The molecule has 124 valence electrons. The van der Waals surface area contributed by atoms with Gasteiger partial charge in [-0.05, 0) is 43.3 Å². The van der Waals surface area contributed by atoms with E-state index in [1.54, 1.807) is 43.3 Å². The number of carbonyl (C=O) groups excluding carboxylic acids is 2. The van der Waals surface area contributed by atoms with Crippen molar-refractivity contribution in [1.82, 2.24) is 5.43 Å². The highest BCUT2D eigenvalue weighted by Crippen LogP contribution is 2.29. The summed E-state index contributed by atoms with van der Waals surface area (Å²) in [6.07, 6.45) is 1.49. The average Bonchev–Trinajstić information content (AvgIpc) is 3.24. The first-order chi connectivity index (χ1) is 11.6. The molecule has 2 aromatic rings. The third-order valence-electron chi connectivity index (χ3n) is 3.70. The van der Waals surface area contributed by atoms with Crippen LogP contribution in [0.4, 0.5) is 0 Å². The minimum absolute atomic E-state index is 0.124. The normalized spacial score (nSPS) is 19.5. The zero-order chi connectivity index (χ0) is 17.1. The van der Waals surface area contributed by atoms with Gasteiger partial charge in [-0.15, -0.1) is 0 Å². The Labute approximate surface area is 143 Å². The zero-order valence-electron chi connectivity index (χ0n) is 12.9. The number of benzene rings is 1. The van der Waals surface area contributed by atoms with Gasteiger partial charge < -0.3 is 9.15 Å². The summed E-state index contributed by atoms with van der Waals surface area (Å²) in [6.45, 7) is 1.93. The minimum atomic E-state index is -0.753. The molecular formula is C17H15ClN2O4. The van der Waals surface area contributed by atoms with Crippen molar-refractivity contribution < 1.29 is 18.7 Å². The Hall–Kier alpha value is -2.60. The van der Waals surface area contributed by atoms with Crippen molar-refractivity contribution in [3.05, 3.63) is 59.0 Å². The number of rotatable bonds is 5. The van der Waals surface area contributed by atoms with Gasteiger partial charge in [0.1, 0.15) is 11.8 Å². The van der Waals surface area contributed by atoms with Crippen LogP contribution < -0.4 is 5.43 Å². The Kier molecular flexibility index (Phi) is 4.66. The molecular weight excluding hydrogens is 332 g/mol. The smallest absolute Gasteiger partial charge is 0.355 e. The highest BCUT2D eigenvalue weighted by Gasteiger charge is 2.43. The molecule has 1 aliphatic heterocycles. The van der Waals surface area contributed by atoms with Gasteiger partial charge in [0.2, 0.25) is 0 Å². The number of hydrogen-bond acceptors (Lipinski definition) is 6. The number of esters is 1. The lowest BCUT2D eigenvalue weighted by Crippen LogP contribution is -2.37. The summed E-state index contributed by atoms with van der Waals surface area (Å²) in [7, 11) is 0. The molecule has 0 saturated heterocycles. The van der Waals surface area contributed by atoms with Crippen LogP contribution >= 0.6 is 11.6 Å². The molecule has 0 bridgehead atoms. The number of hydrazone groups is 1. The summed E-state index contributed by atoms with van der Waals surface area (Å²) in [5.74, 6) is -0.963. The fourth-order valence-electron chi connectivity index (χ4n) is 2.59. The molecule has 0 fully saturated rings. The maximum Gasteiger partial charge on any atom is 0.355 e. The molecule has 24 heavy (non-hydrogen) atoms. The van der Waals surface area contributed by atoms with E-state index in [0.717, 1.165) is 0 Å². The van der Waals surface area contributed by atoms with Gasteiger partial charge in [-0.3, -0.25) is 10.2 Å². The van der Waals surface area contributed by atoms with Crippen LogP contribution in [0.15, 0.2) is 52.2 Å². The molecule has 1 aliphatic rings. The van der Waals surface area contributed by atoms with Crippen molar-refractivity contribution in [3.8, 4) is 0 Å². The van der Waals surface area contributed by atoms with E-state index < -0.39 is 17.9 Å². The van der Waals surface area contributed by atoms with Crippen LogP contribution in [0.25, 0.3) is 0 Å². The maximum atomic E-state index is 12.8. The van der Waals surface area contributed by atoms with Crippen LogP contribution in [0.3, 0.4) is 0 Å². The lowest BCUT2D eigenvalue weighted by molar-refractivity contribution is -0.135. The van der Waals surface area contributed by atoms with Crippen LogP contribution in [0.5, 0.6) is 0 Å². The Balaban J connectivity index is 1.92. The van der Waals surface area contributed by atoms with Gasteiger partial charge in [-0.2, -0.15) is 5.10 Å². The molecule has 7 heteroatoms. The van der Waals surface area contributed by atoms with Gasteiger partial charge >= 0.3 is 5.97 Å². The molecule has 2 heterocycles. The number of hydrogen-bond donors (Lipinski definition) is 1. The van der Waals surface area contributed by atoms with E-state index >= 15 is 0 Å². The second-order valence-corrected chi connectivity index (χ2v) is 5.62. The van der Waals surface area contributed by atoms with Crippen molar-refractivity contribution in [1.29, 1.82) is 0 Å². The lowest BCUT2D eigenvalue weighted by atomic mass is 9.88. The van der Waals surface area contributed by atoms with Crippen LogP contribution in [0.1, 0.15) is 29.0 Å². The minimum Gasteiger partial charge on any atom is -0.469 e. The second kappa shape index (κ2) is 6.88. The predicted octanol–water partition coefficient (Wildman–Crippen LogP) is 2.79. The summed E-state index contributed by atoms with van der Waals surface area (Å²) in [5.41, 5.74) is 3.33. The van der Waals surface area contributed by atoms with Gasteiger partial charge in [0.15, 0.2) is 11.5 Å². The third-order valence-corrected chi connectivity index (χ3v) is 3.95. The number of ketones is 1. The van der Waals surface area contributed by atoms with Crippen molar-refractivity contribution in [2.75, 3.05) is 6.61 Å². The predicted molar refractivity (Wildman–Crippen MR) is 88.2 cm³/mol. The number of carbonyl (C=O) groups is 2. The summed E-state index contributed by atoms with van der Waals surface area (Å²) in [5, 5.41) is 4.56. The average molecular weight is 347 g/mol. The quantitative estimate of drug-likeness (QED) is 0.665. The standard InChI is InChI=1S/C17H15ClN2O4/c1-2-23-17(22)15-13(12-4-3-9-24-12)14(19-20-15)16(21)10-5-7-11(18)8-6-10/h3-9,13-14,19H,2H2,1H3. The van der Waals surface area contributed by atoms with Crippen molar-refractivity contribution >= 4 is 29.1 Å². The van der Waals surface area contributed by atoms with Crippen LogP contribution in [-0.2, 0) is 9.53 Å². The summed E-state index contributed by atoms with van der Waals surface area (Å²) in [6, 6.07) is 9.19. The van der Waals surface area contributed by atoms with Crippen molar-refractivity contribution in [3.63, 3.8) is 0 Å². The molecule has 2 atom stereocenters. The molecule has 0 aliphatic carbocycles. The molecule has 1 N–H and O–H groups in total. The third kappa shape index (κ3) is 3.05. The molecule has 1 aromatic carbocycles. The Morgan fingerprint density at radius 3 is 2.67 bits per heavy atom. The van der Waals surface area contributed by atoms with E-state index in [4.69, 9.17) is 20.8 Å². The lowest BCUT2D eigenvalue weighted by Gasteiger charge is -2.17.